The minimum Gasteiger partial charge on any atom is -0.274 e. The third kappa shape index (κ3) is 1.42. The molecule has 5 heteroatoms. The monoisotopic (exact) mass is 235 g/mol. The van der Waals surface area contributed by atoms with Crippen LogP contribution in [0.3, 0.4) is 0 Å². The van der Waals surface area contributed by atoms with E-state index in [1.807, 2.05) is 34.2 Å². The summed E-state index contributed by atoms with van der Waals surface area (Å²) >= 11 is 7.30. The molecule has 1 aromatic carbocycles. The highest BCUT2D eigenvalue weighted by Gasteiger charge is 2.06. The molecule has 3 nitrogen and oxygen atoms in total. The molecule has 0 N–H and O–H groups in total. The number of imidazole rings is 1. The molecule has 3 rings (SSSR count). The van der Waals surface area contributed by atoms with Gasteiger partial charge in [-0.3, -0.25) is 4.57 Å². The first-order chi connectivity index (χ1) is 7.34. The minimum atomic E-state index is 0.521. The maximum absolute atomic E-state index is 5.79. The van der Waals surface area contributed by atoms with Crippen molar-refractivity contribution in [3.8, 4) is 5.13 Å². The van der Waals surface area contributed by atoms with Crippen LogP contribution in [0.15, 0.2) is 36.0 Å². The number of hydrogen-bond donors (Lipinski definition) is 0. The second kappa shape index (κ2) is 3.32. The van der Waals surface area contributed by atoms with Gasteiger partial charge in [0.25, 0.3) is 0 Å². The smallest absolute Gasteiger partial charge is 0.196 e. The van der Waals surface area contributed by atoms with E-state index in [2.05, 4.69) is 9.97 Å². The molecule has 0 aliphatic heterocycles. The van der Waals surface area contributed by atoms with Crippen LogP contribution in [0.4, 0.5) is 0 Å². The number of fused-ring (bicyclic) bond motifs is 1. The molecule has 0 aliphatic carbocycles. The molecule has 0 saturated heterocycles. The Labute approximate surface area is 95.0 Å². The van der Waals surface area contributed by atoms with Crippen molar-refractivity contribution < 1.29 is 0 Å². The standard InChI is InChI=1S/C10H6ClN3S/c11-9-5-15-10(13-9)14-6-12-7-3-1-2-4-8(7)14/h1-6H. The summed E-state index contributed by atoms with van der Waals surface area (Å²) in [5, 5.41) is 3.17. The van der Waals surface area contributed by atoms with Crippen molar-refractivity contribution in [1.82, 2.24) is 14.5 Å². The first-order valence-electron chi connectivity index (χ1n) is 4.38. The molecule has 0 bridgehead atoms. The van der Waals surface area contributed by atoms with E-state index in [0.29, 0.717) is 5.15 Å². The second-order valence-electron chi connectivity index (χ2n) is 3.06. The summed E-state index contributed by atoms with van der Waals surface area (Å²) in [5.74, 6) is 0. The Morgan fingerprint density at radius 3 is 2.93 bits per heavy atom. The summed E-state index contributed by atoms with van der Waals surface area (Å²) in [5.41, 5.74) is 2.01. The van der Waals surface area contributed by atoms with E-state index in [1.54, 1.807) is 6.33 Å². The van der Waals surface area contributed by atoms with Crippen molar-refractivity contribution in [3.63, 3.8) is 0 Å². The molecule has 0 saturated carbocycles. The van der Waals surface area contributed by atoms with Crippen molar-refractivity contribution >= 4 is 34.0 Å². The second-order valence-corrected chi connectivity index (χ2v) is 4.28. The Hall–Kier alpha value is -1.39. The number of thiazole rings is 1. The highest BCUT2D eigenvalue weighted by molar-refractivity contribution is 7.12. The summed E-state index contributed by atoms with van der Waals surface area (Å²) in [6.45, 7) is 0. The molecule has 3 aromatic rings. The van der Waals surface area contributed by atoms with Crippen molar-refractivity contribution in [2.24, 2.45) is 0 Å². The summed E-state index contributed by atoms with van der Waals surface area (Å²) in [6.07, 6.45) is 1.76. The lowest BCUT2D eigenvalue weighted by molar-refractivity contribution is 1.06. The molecule has 0 spiro atoms. The molecule has 2 aromatic heterocycles. The average Bonchev–Trinajstić information content (AvgIpc) is 2.83. The lowest BCUT2D eigenvalue weighted by Crippen LogP contribution is -1.89. The van der Waals surface area contributed by atoms with Crippen LogP contribution in [0.25, 0.3) is 16.2 Å². The van der Waals surface area contributed by atoms with Gasteiger partial charge in [-0.2, -0.15) is 0 Å². The van der Waals surface area contributed by atoms with Crippen molar-refractivity contribution in [3.05, 3.63) is 41.1 Å². The number of para-hydroxylation sites is 2. The SMILES string of the molecule is Clc1csc(-n2cnc3ccccc32)n1. The molecule has 0 radical (unpaired) electrons. The van der Waals surface area contributed by atoms with Gasteiger partial charge < -0.3 is 0 Å². The molecule has 0 fully saturated rings. The van der Waals surface area contributed by atoms with Gasteiger partial charge in [-0.1, -0.05) is 23.7 Å². The molecule has 0 unspecified atom stereocenters. The zero-order chi connectivity index (χ0) is 10.3. The van der Waals surface area contributed by atoms with Crippen LogP contribution in [0, 0.1) is 0 Å². The fourth-order valence-electron chi connectivity index (χ4n) is 1.47. The Kier molecular flexibility index (Phi) is 1.97. The van der Waals surface area contributed by atoms with Crippen LogP contribution in [-0.2, 0) is 0 Å². The van der Waals surface area contributed by atoms with Crippen LogP contribution >= 0.6 is 22.9 Å². The number of nitrogens with zero attached hydrogens (tertiary/aromatic N) is 3. The van der Waals surface area contributed by atoms with Gasteiger partial charge in [0.05, 0.1) is 11.0 Å². The van der Waals surface area contributed by atoms with Gasteiger partial charge in [0.1, 0.15) is 11.5 Å². The largest absolute Gasteiger partial charge is 0.274 e. The Bertz CT molecular complexity index is 614. The van der Waals surface area contributed by atoms with Crippen molar-refractivity contribution in [2.45, 2.75) is 0 Å². The average molecular weight is 236 g/mol. The van der Waals surface area contributed by atoms with E-state index in [-0.39, 0.29) is 0 Å². The first kappa shape index (κ1) is 8.88. The number of rotatable bonds is 1. The Balaban J connectivity index is 2.27. The van der Waals surface area contributed by atoms with E-state index in [9.17, 15) is 0 Å². The summed E-state index contributed by atoms with van der Waals surface area (Å²) < 4.78 is 1.94. The van der Waals surface area contributed by atoms with Gasteiger partial charge >= 0.3 is 0 Å². The molecule has 0 amide bonds. The summed E-state index contributed by atoms with van der Waals surface area (Å²) in [7, 11) is 0. The van der Waals surface area contributed by atoms with Gasteiger partial charge in [0, 0.05) is 5.38 Å². The number of hydrogen-bond acceptors (Lipinski definition) is 3. The van der Waals surface area contributed by atoms with Gasteiger partial charge in [-0.15, -0.1) is 11.3 Å². The van der Waals surface area contributed by atoms with E-state index in [4.69, 9.17) is 11.6 Å². The van der Waals surface area contributed by atoms with Gasteiger partial charge in [0.2, 0.25) is 0 Å². The summed E-state index contributed by atoms with van der Waals surface area (Å²) in [6, 6.07) is 7.93. The third-order valence-electron chi connectivity index (χ3n) is 2.12. The van der Waals surface area contributed by atoms with Crippen LogP contribution in [0.1, 0.15) is 0 Å². The zero-order valence-electron chi connectivity index (χ0n) is 7.59. The molecular formula is C10H6ClN3S. The van der Waals surface area contributed by atoms with E-state index >= 15 is 0 Å². The molecule has 2 heterocycles. The quantitative estimate of drug-likeness (QED) is 0.649. The molecule has 0 atom stereocenters. The number of halogens is 1. The van der Waals surface area contributed by atoms with E-state index in [1.165, 1.54) is 11.3 Å². The lowest BCUT2D eigenvalue weighted by Gasteiger charge is -1.96. The molecule has 74 valence electrons. The predicted octanol–water partition coefficient (Wildman–Crippen LogP) is 3.14. The Morgan fingerprint density at radius 1 is 1.27 bits per heavy atom. The Morgan fingerprint density at radius 2 is 2.13 bits per heavy atom. The number of benzene rings is 1. The van der Waals surface area contributed by atoms with Gasteiger partial charge in [0.15, 0.2) is 5.13 Å². The minimum absolute atomic E-state index is 0.521. The normalized spacial score (nSPS) is 11.0. The van der Waals surface area contributed by atoms with Gasteiger partial charge in [-0.05, 0) is 12.1 Å². The third-order valence-corrected chi connectivity index (χ3v) is 3.29. The van der Waals surface area contributed by atoms with E-state index < -0.39 is 0 Å². The highest BCUT2D eigenvalue weighted by Crippen LogP contribution is 2.22. The first-order valence-corrected chi connectivity index (χ1v) is 5.64. The highest BCUT2D eigenvalue weighted by atomic mass is 35.5. The number of aromatic nitrogens is 3. The lowest BCUT2D eigenvalue weighted by atomic mass is 10.3. The maximum Gasteiger partial charge on any atom is 0.196 e. The van der Waals surface area contributed by atoms with Crippen molar-refractivity contribution in [2.75, 3.05) is 0 Å². The van der Waals surface area contributed by atoms with Crippen molar-refractivity contribution in [1.29, 1.82) is 0 Å². The molecular weight excluding hydrogens is 230 g/mol. The maximum atomic E-state index is 5.79. The topological polar surface area (TPSA) is 30.7 Å². The zero-order valence-corrected chi connectivity index (χ0v) is 9.16. The fraction of sp³-hybridized carbons (Fsp3) is 0. The molecule has 15 heavy (non-hydrogen) atoms. The van der Waals surface area contributed by atoms with Gasteiger partial charge in [-0.25, -0.2) is 9.97 Å². The van der Waals surface area contributed by atoms with Crippen LogP contribution in [-0.4, -0.2) is 14.5 Å². The van der Waals surface area contributed by atoms with Crippen LogP contribution in [0.2, 0.25) is 5.15 Å². The predicted molar refractivity (Wildman–Crippen MR) is 61.8 cm³/mol. The van der Waals surface area contributed by atoms with E-state index in [0.717, 1.165) is 16.2 Å². The summed E-state index contributed by atoms with van der Waals surface area (Å²) in [4.78, 5) is 8.50. The fourth-order valence-corrected chi connectivity index (χ4v) is 2.40. The molecule has 0 aliphatic rings. The van der Waals surface area contributed by atoms with Crippen LogP contribution < -0.4 is 0 Å². The van der Waals surface area contributed by atoms with Crippen LogP contribution in [0.5, 0.6) is 0 Å².